The number of esters is 1. The standard InChI is InChI=1S/C14H23NO3/c1-3-10(14(17)18-2)6-7-15-11-4-5-12(15)9-13(16)8-11/h6,11-13,16H,3-5,7-9H2,1-2H3. The predicted octanol–water partition coefficient (Wildman–Crippen LogP) is 1.48. The smallest absolute Gasteiger partial charge is 0.333 e. The molecule has 0 radical (unpaired) electrons. The van der Waals surface area contributed by atoms with E-state index in [1.165, 1.54) is 20.0 Å². The Morgan fingerprint density at radius 1 is 1.39 bits per heavy atom. The van der Waals surface area contributed by atoms with Crippen molar-refractivity contribution in [3.63, 3.8) is 0 Å². The zero-order valence-corrected chi connectivity index (χ0v) is 11.3. The number of methoxy groups -OCH3 is 1. The Kier molecular flexibility index (Phi) is 4.40. The Labute approximate surface area is 109 Å². The average molecular weight is 253 g/mol. The highest BCUT2D eigenvalue weighted by Crippen LogP contribution is 2.35. The van der Waals surface area contributed by atoms with Gasteiger partial charge in [-0.05, 0) is 32.1 Å². The molecule has 2 heterocycles. The van der Waals surface area contributed by atoms with Gasteiger partial charge in [0.2, 0.25) is 0 Å². The Balaban J connectivity index is 1.98. The van der Waals surface area contributed by atoms with Crippen LogP contribution < -0.4 is 0 Å². The molecule has 0 aromatic carbocycles. The van der Waals surface area contributed by atoms with Gasteiger partial charge in [-0.3, -0.25) is 4.90 Å². The van der Waals surface area contributed by atoms with Crippen LogP contribution in [0.15, 0.2) is 11.6 Å². The summed E-state index contributed by atoms with van der Waals surface area (Å²) in [6.45, 7) is 2.78. The van der Waals surface area contributed by atoms with Crippen LogP contribution >= 0.6 is 0 Å². The van der Waals surface area contributed by atoms with Crippen LogP contribution in [0.4, 0.5) is 0 Å². The maximum atomic E-state index is 11.5. The van der Waals surface area contributed by atoms with Gasteiger partial charge in [0.25, 0.3) is 0 Å². The van der Waals surface area contributed by atoms with E-state index in [-0.39, 0.29) is 12.1 Å². The lowest BCUT2D eigenvalue weighted by Gasteiger charge is -2.36. The summed E-state index contributed by atoms with van der Waals surface area (Å²) in [6, 6.07) is 0.983. The maximum absolute atomic E-state index is 11.5. The number of aliphatic hydroxyl groups is 1. The van der Waals surface area contributed by atoms with Crippen LogP contribution in [0.5, 0.6) is 0 Å². The molecule has 0 aromatic heterocycles. The Hall–Kier alpha value is -0.870. The summed E-state index contributed by atoms with van der Waals surface area (Å²) in [6.07, 6.45) is 6.68. The number of hydrogen-bond donors (Lipinski definition) is 1. The molecule has 2 atom stereocenters. The number of fused-ring (bicyclic) bond motifs is 2. The molecule has 0 saturated carbocycles. The second-order valence-electron chi connectivity index (χ2n) is 5.28. The number of nitrogens with zero attached hydrogens (tertiary/aromatic N) is 1. The van der Waals surface area contributed by atoms with Crippen LogP contribution in [-0.2, 0) is 9.53 Å². The summed E-state index contributed by atoms with van der Waals surface area (Å²) < 4.78 is 4.76. The number of carbonyl (C=O) groups is 1. The zero-order chi connectivity index (χ0) is 13.1. The van der Waals surface area contributed by atoms with Gasteiger partial charge in [-0.15, -0.1) is 0 Å². The SMILES string of the molecule is CCC(=CCN1C2CCC1CC(O)C2)C(=O)OC. The minimum absolute atomic E-state index is 0.131. The van der Waals surface area contributed by atoms with Crippen LogP contribution in [0, 0.1) is 0 Å². The van der Waals surface area contributed by atoms with Gasteiger partial charge in [0.05, 0.1) is 13.2 Å². The van der Waals surface area contributed by atoms with E-state index in [0.29, 0.717) is 18.5 Å². The number of rotatable bonds is 4. The van der Waals surface area contributed by atoms with E-state index in [9.17, 15) is 9.90 Å². The molecule has 0 aromatic rings. The minimum atomic E-state index is -0.220. The highest BCUT2D eigenvalue weighted by Gasteiger charge is 2.39. The molecule has 102 valence electrons. The van der Waals surface area contributed by atoms with E-state index in [2.05, 4.69) is 4.90 Å². The molecule has 0 aliphatic carbocycles. The third-order valence-electron chi connectivity index (χ3n) is 4.24. The van der Waals surface area contributed by atoms with Crippen molar-refractivity contribution in [2.75, 3.05) is 13.7 Å². The molecule has 2 saturated heterocycles. The molecular weight excluding hydrogens is 230 g/mol. The van der Waals surface area contributed by atoms with E-state index in [1.807, 2.05) is 13.0 Å². The van der Waals surface area contributed by atoms with E-state index in [0.717, 1.165) is 25.0 Å². The lowest BCUT2D eigenvalue weighted by molar-refractivity contribution is -0.136. The predicted molar refractivity (Wildman–Crippen MR) is 69.1 cm³/mol. The minimum Gasteiger partial charge on any atom is -0.466 e. The van der Waals surface area contributed by atoms with Crippen molar-refractivity contribution >= 4 is 5.97 Å². The van der Waals surface area contributed by atoms with Gasteiger partial charge in [-0.25, -0.2) is 4.79 Å². The highest BCUT2D eigenvalue weighted by molar-refractivity contribution is 5.88. The van der Waals surface area contributed by atoms with Crippen LogP contribution in [0.25, 0.3) is 0 Å². The summed E-state index contributed by atoms with van der Waals surface area (Å²) >= 11 is 0. The molecule has 2 aliphatic rings. The summed E-state index contributed by atoms with van der Waals surface area (Å²) in [5, 5.41) is 9.74. The van der Waals surface area contributed by atoms with Gasteiger partial charge in [-0.2, -0.15) is 0 Å². The lowest BCUT2D eigenvalue weighted by Crippen LogP contribution is -2.44. The van der Waals surface area contributed by atoms with Crippen molar-refractivity contribution in [2.24, 2.45) is 0 Å². The second-order valence-corrected chi connectivity index (χ2v) is 5.28. The molecule has 2 aliphatic heterocycles. The number of hydrogen-bond acceptors (Lipinski definition) is 4. The summed E-state index contributed by atoms with van der Waals surface area (Å²) in [4.78, 5) is 13.9. The van der Waals surface area contributed by atoms with Crippen molar-refractivity contribution in [1.82, 2.24) is 4.90 Å². The first kappa shape index (κ1) is 13.6. The molecule has 4 heteroatoms. The first-order valence-corrected chi connectivity index (χ1v) is 6.86. The van der Waals surface area contributed by atoms with E-state index in [4.69, 9.17) is 4.74 Å². The molecule has 4 nitrogen and oxygen atoms in total. The van der Waals surface area contributed by atoms with Crippen molar-refractivity contribution in [3.05, 3.63) is 11.6 Å². The van der Waals surface area contributed by atoms with Crippen LogP contribution in [-0.4, -0.2) is 47.8 Å². The van der Waals surface area contributed by atoms with Gasteiger partial charge < -0.3 is 9.84 Å². The molecule has 2 bridgehead atoms. The summed E-state index contributed by atoms with van der Waals surface area (Å²) in [7, 11) is 1.42. The highest BCUT2D eigenvalue weighted by atomic mass is 16.5. The second kappa shape index (κ2) is 5.85. The fourth-order valence-electron chi connectivity index (χ4n) is 3.26. The van der Waals surface area contributed by atoms with Crippen LogP contribution in [0.3, 0.4) is 0 Å². The molecule has 0 spiro atoms. The Morgan fingerprint density at radius 3 is 2.50 bits per heavy atom. The fraction of sp³-hybridized carbons (Fsp3) is 0.786. The molecule has 0 amide bonds. The third-order valence-corrected chi connectivity index (χ3v) is 4.24. The van der Waals surface area contributed by atoms with Crippen molar-refractivity contribution in [3.8, 4) is 0 Å². The van der Waals surface area contributed by atoms with Gasteiger partial charge in [0.1, 0.15) is 0 Å². The van der Waals surface area contributed by atoms with Crippen LogP contribution in [0.2, 0.25) is 0 Å². The Bertz CT molecular complexity index is 326. The number of ether oxygens (including phenoxy) is 1. The van der Waals surface area contributed by atoms with E-state index >= 15 is 0 Å². The number of piperidine rings is 1. The topological polar surface area (TPSA) is 49.8 Å². The molecule has 18 heavy (non-hydrogen) atoms. The van der Waals surface area contributed by atoms with E-state index in [1.54, 1.807) is 0 Å². The molecule has 1 N–H and O–H groups in total. The molecule has 2 rings (SSSR count). The normalized spacial score (nSPS) is 32.6. The molecule has 2 fully saturated rings. The van der Waals surface area contributed by atoms with Gasteiger partial charge in [0.15, 0.2) is 0 Å². The maximum Gasteiger partial charge on any atom is 0.333 e. The van der Waals surface area contributed by atoms with Crippen molar-refractivity contribution in [1.29, 1.82) is 0 Å². The zero-order valence-electron chi connectivity index (χ0n) is 11.3. The van der Waals surface area contributed by atoms with Gasteiger partial charge in [0, 0.05) is 24.2 Å². The quantitative estimate of drug-likeness (QED) is 0.609. The van der Waals surface area contributed by atoms with E-state index < -0.39 is 0 Å². The third kappa shape index (κ3) is 2.75. The first-order chi connectivity index (χ1) is 8.65. The Morgan fingerprint density at radius 2 is 2.00 bits per heavy atom. The van der Waals surface area contributed by atoms with Crippen molar-refractivity contribution in [2.45, 2.75) is 57.2 Å². The summed E-state index contributed by atoms with van der Waals surface area (Å²) in [5.41, 5.74) is 0.753. The number of carbonyl (C=O) groups excluding carboxylic acids is 1. The first-order valence-electron chi connectivity index (χ1n) is 6.86. The van der Waals surface area contributed by atoms with Gasteiger partial charge >= 0.3 is 5.97 Å². The number of aliphatic hydroxyl groups excluding tert-OH is 1. The van der Waals surface area contributed by atoms with Gasteiger partial charge in [-0.1, -0.05) is 13.0 Å². The monoisotopic (exact) mass is 253 g/mol. The molecule has 2 unspecified atom stereocenters. The molecular formula is C14H23NO3. The average Bonchev–Trinajstić information content (AvgIpc) is 2.61. The lowest BCUT2D eigenvalue weighted by atomic mass is 10.00. The van der Waals surface area contributed by atoms with Crippen LogP contribution in [0.1, 0.15) is 39.0 Å². The fourth-order valence-corrected chi connectivity index (χ4v) is 3.26. The summed E-state index contributed by atoms with van der Waals surface area (Å²) in [5.74, 6) is -0.220. The van der Waals surface area contributed by atoms with Crippen molar-refractivity contribution < 1.29 is 14.6 Å². The largest absolute Gasteiger partial charge is 0.466 e.